The van der Waals surface area contributed by atoms with Gasteiger partial charge in [-0.1, -0.05) is 30.3 Å². The van der Waals surface area contributed by atoms with Gasteiger partial charge in [0.05, 0.1) is 6.54 Å². The van der Waals surface area contributed by atoms with Crippen LogP contribution in [0.1, 0.15) is 16.1 Å². The number of carbonyl (C=O) groups is 1. The van der Waals surface area contributed by atoms with Crippen molar-refractivity contribution in [2.45, 2.75) is 19.6 Å². The van der Waals surface area contributed by atoms with E-state index in [1.165, 1.54) is 28.9 Å². The zero-order valence-corrected chi connectivity index (χ0v) is 16.5. The van der Waals surface area contributed by atoms with E-state index in [2.05, 4.69) is 15.2 Å². The summed E-state index contributed by atoms with van der Waals surface area (Å²) in [7, 11) is 0. The van der Waals surface area contributed by atoms with Gasteiger partial charge in [-0.3, -0.25) is 9.59 Å². The Kier molecular flexibility index (Phi) is 7.69. The number of hydrogen-bond donors (Lipinski definition) is 1. The van der Waals surface area contributed by atoms with Gasteiger partial charge in [0.15, 0.2) is 0 Å². The predicted octanol–water partition coefficient (Wildman–Crippen LogP) is 2.90. The molecule has 0 unspecified atom stereocenters. The number of aromatic nitrogens is 2. The third kappa shape index (κ3) is 6.91. The molecule has 1 amide bonds. The normalized spacial score (nSPS) is 10.7. The Bertz CT molecular complexity index is 1040. The number of benzene rings is 2. The highest BCUT2D eigenvalue weighted by Crippen LogP contribution is 2.15. The Hall–Kier alpha value is -3.75. The highest BCUT2D eigenvalue weighted by atomic mass is 19.3. The van der Waals surface area contributed by atoms with Gasteiger partial charge in [0.1, 0.15) is 23.8 Å². The molecule has 3 rings (SSSR count). The van der Waals surface area contributed by atoms with E-state index in [0.29, 0.717) is 18.7 Å². The van der Waals surface area contributed by atoms with E-state index in [1.54, 1.807) is 24.3 Å². The van der Waals surface area contributed by atoms with Gasteiger partial charge in [0.2, 0.25) is 0 Å². The summed E-state index contributed by atoms with van der Waals surface area (Å²) in [4.78, 5) is 24.3. The van der Waals surface area contributed by atoms with Crippen LogP contribution in [0, 0.1) is 0 Å². The molecular weight excluding hydrogens is 408 g/mol. The maximum atomic E-state index is 12.3. The molecule has 0 aliphatic carbocycles. The summed E-state index contributed by atoms with van der Waals surface area (Å²) in [5, 5.41) is 6.82. The first kappa shape index (κ1) is 21.9. The number of nitrogens with zero attached hydrogens (tertiary/aromatic N) is 2. The summed E-state index contributed by atoms with van der Waals surface area (Å²) in [5.41, 5.74) is 0.622. The fraction of sp³-hybridized carbons (Fsp3) is 0.227. The summed E-state index contributed by atoms with van der Waals surface area (Å²) in [5.74, 6) is 0.333. The molecule has 9 heteroatoms. The average Bonchev–Trinajstić information content (AvgIpc) is 2.76. The molecule has 1 aromatic heterocycles. The second kappa shape index (κ2) is 10.9. The molecule has 0 fully saturated rings. The van der Waals surface area contributed by atoms with Crippen LogP contribution in [0.15, 0.2) is 71.5 Å². The van der Waals surface area contributed by atoms with Crippen LogP contribution in [0.4, 0.5) is 8.78 Å². The molecule has 0 atom stereocenters. The lowest BCUT2D eigenvalue weighted by atomic mass is 10.1. The van der Waals surface area contributed by atoms with Gasteiger partial charge in [-0.05, 0) is 42.3 Å². The molecule has 3 aromatic rings. The second-order valence-electron chi connectivity index (χ2n) is 6.47. The Morgan fingerprint density at radius 1 is 1.00 bits per heavy atom. The fourth-order valence-corrected chi connectivity index (χ4v) is 2.75. The largest absolute Gasteiger partial charge is 0.492 e. The molecular formula is C22H21F2N3O4. The molecule has 0 spiro atoms. The maximum absolute atomic E-state index is 12.3. The molecule has 7 nitrogen and oxygen atoms in total. The predicted molar refractivity (Wildman–Crippen MR) is 110 cm³/mol. The average molecular weight is 429 g/mol. The van der Waals surface area contributed by atoms with Crippen LogP contribution < -0.4 is 20.3 Å². The van der Waals surface area contributed by atoms with Crippen LogP contribution in [0.2, 0.25) is 0 Å². The van der Waals surface area contributed by atoms with Crippen LogP contribution in [0.5, 0.6) is 11.5 Å². The van der Waals surface area contributed by atoms with E-state index in [9.17, 15) is 18.4 Å². The maximum Gasteiger partial charge on any atom is 0.387 e. The second-order valence-corrected chi connectivity index (χ2v) is 6.47. The SMILES string of the molecule is O=C(NCCc1ccc(OC(F)F)cc1)c1ccc(=O)n(CCOc2ccccc2)n1. The minimum absolute atomic E-state index is 0.0745. The molecule has 0 saturated carbocycles. The zero-order valence-electron chi connectivity index (χ0n) is 16.5. The Balaban J connectivity index is 1.49. The van der Waals surface area contributed by atoms with Crippen molar-refractivity contribution in [2.75, 3.05) is 13.2 Å². The Labute approximate surface area is 177 Å². The van der Waals surface area contributed by atoms with E-state index in [0.717, 1.165) is 5.56 Å². The lowest BCUT2D eigenvalue weighted by Crippen LogP contribution is -2.31. The number of rotatable bonds is 10. The number of amides is 1. The van der Waals surface area contributed by atoms with Crippen LogP contribution in [0.25, 0.3) is 0 Å². The summed E-state index contributed by atoms with van der Waals surface area (Å²) < 4.78 is 35.4. The van der Waals surface area contributed by atoms with Crippen molar-refractivity contribution in [3.63, 3.8) is 0 Å². The fourth-order valence-electron chi connectivity index (χ4n) is 2.75. The molecule has 0 saturated heterocycles. The number of para-hydroxylation sites is 1. The van der Waals surface area contributed by atoms with Crippen molar-refractivity contribution in [3.8, 4) is 11.5 Å². The van der Waals surface area contributed by atoms with Gasteiger partial charge in [0, 0.05) is 12.6 Å². The van der Waals surface area contributed by atoms with Crippen molar-refractivity contribution < 1.29 is 23.0 Å². The van der Waals surface area contributed by atoms with E-state index in [1.807, 2.05) is 18.2 Å². The van der Waals surface area contributed by atoms with Crippen molar-refractivity contribution in [1.29, 1.82) is 0 Å². The molecule has 0 aliphatic rings. The lowest BCUT2D eigenvalue weighted by molar-refractivity contribution is -0.0498. The number of alkyl halides is 2. The third-order valence-electron chi connectivity index (χ3n) is 4.26. The monoisotopic (exact) mass is 429 g/mol. The molecule has 1 N–H and O–H groups in total. The van der Waals surface area contributed by atoms with E-state index in [-0.39, 0.29) is 30.2 Å². The highest BCUT2D eigenvalue weighted by molar-refractivity contribution is 5.91. The smallest absolute Gasteiger partial charge is 0.387 e. The van der Waals surface area contributed by atoms with E-state index < -0.39 is 12.5 Å². The number of ether oxygens (including phenoxy) is 2. The molecule has 0 bridgehead atoms. The van der Waals surface area contributed by atoms with Gasteiger partial charge < -0.3 is 14.8 Å². The highest BCUT2D eigenvalue weighted by Gasteiger charge is 2.10. The summed E-state index contributed by atoms with van der Waals surface area (Å²) >= 11 is 0. The van der Waals surface area contributed by atoms with E-state index in [4.69, 9.17) is 4.74 Å². The van der Waals surface area contributed by atoms with Crippen molar-refractivity contribution in [3.05, 3.63) is 88.3 Å². The minimum atomic E-state index is -2.87. The quantitative estimate of drug-likeness (QED) is 0.536. The van der Waals surface area contributed by atoms with Gasteiger partial charge >= 0.3 is 6.61 Å². The van der Waals surface area contributed by atoms with Gasteiger partial charge in [-0.2, -0.15) is 13.9 Å². The summed E-state index contributed by atoms with van der Waals surface area (Å²) in [6.07, 6.45) is 0.491. The van der Waals surface area contributed by atoms with Crippen LogP contribution in [-0.2, 0) is 13.0 Å². The number of halogens is 2. The first-order valence-corrected chi connectivity index (χ1v) is 9.59. The lowest BCUT2D eigenvalue weighted by Gasteiger charge is -2.09. The molecule has 162 valence electrons. The topological polar surface area (TPSA) is 82.5 Å². The third-order valence-corrected chi connectivity index (χ3v) is 4.26. The van der Waals surface area contributed by atoms with Crippen molar-refractivity contribution in [1.82, 2.24) is 15.1 Å². The summed E-state index contributed by atoms with van der Waals surface area (Å²) in [6, 6.07) is 18.0. The Morgan fingerprint density at radius 2 is 1.74 bits per heavy atom. The molecule has 1 heterocycles. The minimum Gasteiger partial charge on any atom is -0.492 e. The Morgan fingerprint density at radius 3 is 2.45 bits per heavy atom. The zero-order chi connectivity index (χ0) is 22.1. The van der Waals surface area contributed by atoms with Gasteiger partial charge in [-0.15, -0.1) is 0 Å². The molecule has 0 aliphatic heterocycles. The number of carbonyl (C=O) groups excluding carboxylic acids is 1. The molecule has 2 aromatic carbocycles. The first-order valence-electron chi connectivity index (χ1n) is 9.59. The van der Waals surface area contributed by atoms with Crippen molar-refractivity contribution >= 4 is 5.91 Å². The summed E-state index contributed by atoms with van der Waals surface area (Å²) in [6.45, 7) is -2.13. The van der Waals surface area contributed by atoms with Gasteiger partial charge in [-0.25, -0.2) is 4.68 Å². The first-order chi connectivity index (χ1) is 15.0. The van der Waals surface area contributed by atoms with Gasteiger partial charge in [0.25, 0.3) is 11.5 Å². The number of nitrogens with one attached hydrogen (secondary N) is 1. The standard InChI is InChI=1S/C22H21F2N3O4/c23-22(24)31-18-8-6-16(7-9-18)12-13-25-21(29)19-10-11-20(28)27(26-19)14-15-30-17-4-2-1-3-5-17/h1-11,22H,12-15H2,(H,25,29). The molecule has 0 radical (unpaired) electrons. The van der Waals surface area contributed by atoms with Crippen LogP contribution in [0.3, 0.4) is 0 Å². The van der Waals surface area contributed by atoms with Crippen LogP contribution in [-0.4, -0.2) is 35.5 Å². The molecule has 31 heavy (non-hydrogen) atoms. The van der Waals surface area contributed by atoms with Crippen molar-refractivity contribution in [2.24, 2.45) is 0 Å². The van der Waals surface area contributed by atoms with E-state index >= 15 is 0 Å². The number of hydrogen-bond acceptors (Lipinski definition) is 5. The van der Waals surface area contributed by atoms with Crippen LogP contribution >= 0.6 is 0 Å².